The first-order chi connectivity index (χ1) is 16.0. The number of nitrogens with one attached hydrogen (secondary N) is 2. The van der Waals surface area contributed by atoms with Crippen LogP contribution in [0.1, 0.15) is 52.5 Å². The SMILES string of the molecule is CC(C)C[C@H](NC(=O)[C@H](NC(=O)[C@H]1CCC(=O)N1C(=O)OCc1ccccc1)C(C)C)C(N)=O. The van der Waals surface area contributed by atoms with Crippen molar-refractivity contribution >= 4 is 29.7 Å². The first-order valence-corrected chi connectivity index (χ1v) is 11.4. The van der Waals surface area contributed by atoms with Gasteiger partial charge in [0.1, 0.15) is 24.7 Å². The highest BCUT2D eigenvalue weighted by Crippen LogP contribution is 2.21. The summed E-state index contributed by atoms with van der Waals surface area (Å²) >= 11 is 0. The molecular formula is C24H34N4O6. The second-order valence-corrected chi connectivity index (χ2v) is 9.18. The molecule has 0 spiro atoms. The summed E-state index contributed by atoms with van der Waals surface area (Å²) in [5.74, 6) is -2.60. The number of nitrogens with zero attached hydrogens (tertiary/aromatic N) is 1. The van der Waals surface area contributed by atoms with Crippen molar-refractivity contribution < 1.29 is 28.7 Å². The van der Waals surface area contributed by atoms with E-state index in [0.717, 1.165) is 10.5 Å². The van der Waals surface area contributed by atoms with Crippen molar-refractivity contribution in [2.24, 2.45) is 17.6 Å². The zero-order valence-corrected chi connectivity index (χ0v) is 20.1. The van der Waals surface area contributed by atoms with Gasteiger partial charge in [0.05, 0.1) is 0 Å². The van der Waals surface area contributed by atoms with E-state index in [2.05, 4.69) is 10.6 Å². The second kappa shape index (κ2) is 12.2. The Morgan fingerprint density at radius 1 is 1.09 bits per heavy atom. The van der Waals surface area contributed by atoms with Gasteiger partial charge in [0.15, 0.2) is 0 Å². The van der Waals surface area contributed by atoms with Gasteiger partial charge in [-0.05, 0) is 30.2 Å². The van der Waals surface area contributed by atoms with E-state index in [1.165, 1.54) is 0 Å². The molecular weight excluding hydrogens is 440 g/mol. The molecule has 2 rings (SSSR count). The molecule has 0 aliphatic carbocycles. The lowest BCUT2D eigenvalue weighted by atomic mass is 9.99. The minimum Gasteiger partial charge on any atom is -0.444 e. The summed E-state index contributed by atoms with van der Waals surface area (Å²) in [6, 6.07) is 6.01. The lowest BCUT2D eigenvalue weighted by Gasteiger charge is -2.28. The normalized spacial score (nSPS) is 17.4. The number of benzene rings is 1. The molecule has 1 saturated heterocycles. The summed E-state index contributed by atoms with van der Waals surface area (Å²) < 4.78 is 5.23. The van der Waals surface area contributed by atoms with Crippen molar-refractivity contribution in [2.75, 3.05) is 0 Å². The van der Waals surface area contributed by atoms with Crippen LogP contribution in [0.3, 0.4) is 0 Å². The Labute approximate surface area is 199 Å². The number of carbonyl (C=O) groups is 5. The number of nitrogens with two attached hydrogens (primary N) is 1. The van der Waals surface area contributed by atoms with Crippen LogP contribution in [0.4, 0.5) is 4.79 Å². The second-order valence-electron chi connectivity index (χ2n) is 9.18. The molecule has 0 bridgehead atoms. The van der Waals surface area contributed by atoms with Crippen molar-refractivity contribution in [2.45, 2.75) is 71.7 Å². The van der Waals surface area contributed by atoms with Gasteiger partial charge in [-0.15, -0.1) is 0 Å². The van der Waals surface area contributed by atoms with Crippen molar-refractivity contribution in [3.63, 3.8) is 0 Å². The molecule has 1 heterocycles. The highest BCUT2D eigenvalue weighted by atomic mass is 16.6. The topological polar surface area (TPSA) is 148 Å². The molecule has 1 aliphatic heterocycles. The molecule has 4 N–H and O–H groups in total. The molecule has 10 nitrogen and oxygen atoms in total. The summed E-state index contributed by atoms with van der Waals surface area (Å²) in [4.78, 5) is 63.3. The van der Waals surface area contributed by atoms with Crippen LogP contribution in [0, 0.1) is 11.8 Å². The fourth-order valence-corrected chi connectivity index (χ4v) is 3.71. The summed E-state index contributed by atoms with van der Waals surface area (Å²) in [6.07, 6.45) is -0.426. The monoisotopic (exact) mass is 474 g/mol. The Morgan fingerprint density at radius 2 is 1.74 bits per heavy atom. The first kappa shape index (κ1) is 26.8. The van der Waals surface area contributed by atoms with E-state index in [1.807, 2.05) is 19.9 Å². The zero-order valence-electron chi connectivity index (χ0n) is 20.1. The number of carbonyl (C=O) groups excluding carboxylic acids is 5. The number of primary amides is 1. The van der Waals surface area contributed by atoms with Gasteiger partial charge in [-0.1, -0.05) is 58.0 Å². The maximum absolute atomic E-state index is 13.0. The quantitative estimate of drug-likeness (QED) is 0.468. The van der Waals surface area contributed by atoms with Crippen LogP contribution in [-0.4, -0.2) is 52.7 Å². The van der Waals surface area contributed by atoms with Gasteiger partial charge in [-0.3, -0.25) is 19.2 Å². The standard InChI is InChI=1S/C24H34N4O6/c1-14(2)12-17(21(25)30)26-23(32)20(15(3)4)27-22(31)18-10-11-19(29)28(18)24(33)34-13-16-8-6-5-7-9-16/h5-9,14-15,17-18,20H,10-13H2,1-4H3,(H2,25,30)(H,26,32)(H,27,31)/t17-,18+,20+/m0/s1. The van der Waals surface area contributed by atoms with Crippen molar-refractivity contribution in [1.82, 2.24) is 15.5 Å². The molecule has 186 valence electrons. The smallest absolute Gasteiger partial charge is 0.417 e. The molecule has 1 aromatic rings. The van der Waals surface area contributed by atoms with Gasteiger partial charge >= 0.3 is 6.09 Å². The molecule has 1 aliphatic rings. The maximum Gasteiger partial charge on any atom is 0.417 e. The Morgan fingerprint density at radius 3 is 2.29 bits per heavy atom. The molecule has 1 fully saturated rings. The molecule has 0 unspecified atom stereocenters. The fourth-order valence-electron chi connectivity index (χ4n) is 3.71. The van der Waals surface area contributed by atoms with Crippen LogP contribution < -0.4 is 16.4 Å². The predicted octanol–water partition coefficient (Wildman–Crippen LogP) is 1.47. The number of ether oxygens (including phenoxy) is 1. The molecule has 0 aromatic heterocycles. The highest BCUT2D eigenvalue weighted by molar-refractivity contribution is 6.01. The van der Waals surface area contributed by atoms with Gasteiger partial charge < -0.3 is 21.1 Å². The van der Waals surface area contributed by atoms with Crippen LogP contribution >= 0.6 is 0 Å². The lowest BCUT2D eigenvalue weighted by molar-refractivity contribution is -0.136. The van der Waals surface area contributed by atoms with E-state index >= 15 is 0 Å². The first-order valence-electron chi connectivity index (χ1n) is 11.4. The van der Waals surface area contributed by atoms with Crippen LogP contribution in [0.15, 0.2) is 30.3 Å². The summed E-state index contributed by atoms with van der Waals surface area (Å²) in [7, 11) is 0. The Balaban J connectivity index is 2.06. The van der Waals surface area contributed by atoms with Crippen LogP contribution in [0.25, 0.3) is 0 Å². The minimum atomic E-state index is -1.09. The largest absolute Gasteiger partial charge is 0.444 e. The van der Waals surface area contributed by atoms with Crippen molar-refractivity contribution in [3.8, 4) is 0 Å². The van der Waals surface area contributed by atoms with Gasteiger partial charge in [0, 0.05) is 6.42 Å². The third kappa shape index (κ3) is 7.29. The summed E-state index contributed by atoms with van der Waals surface area (Å²) in [5, 5.41) is 5.24. The van der Waals surface area contributed by atoms with E-state index in [-0.39, 0.29) is 31.3 Å². The number of hydrogen-bond donors (Lipinski definition) is 3. The van der Waals surface area contributed by atoms with Crippen molar-refractivity contribution in [1.29, 1.82) is 0 Å². The Kier molecular flexibility index (Phi) is 9.58. The summed E-state index contributed by atoms with van der Waals surface area (Å²) in [5.41, 5.74) is 6.15. The molecule has 10 heteroatoms. The van der Waals surface area contributed by atoms with E-state index in [9.17, 15) is 24.0 Å². The Hall–Kier alpha value is -3.43. The maximum atomic E-state index is 13.0. The van der Waals surface area contributed by atoms with E-state index in [1.54, 1.807) is 38.1 Å². The molecule has 34 heavy (non-hydrogen) atoms. The molecule has 5 amide bonds. The van der Waals surface area contributed by atoms with Gasteiger partial charge in [0.25, 0.3) is 0 Å². The third-order valence-corrected chi connectivity index (χ3v) is 5.53. The van der Waals surface area contributed by atoms with Crippen LogP contribution in [-0.2, 0) is 30.5 Å². The highest BCUT2D eigenvalue weighted by Gasteiger charge is 2.42. The number of likely N-dealkylation sites (tertiary alicyclic amines) is 1. The number of imide groups is 1. The van der Waals surface area contributed by atoms with Crippen LogP contribution in [0.2, 0.25) is 0 Å². The molecule has 0 radical (unpaired) electrons. The van der Waals surface area contributed by atoms with Gasteiger partial charge in [-0.2, -0.15) is 0 Å². The van der Waals surface area contributed by atoms with Gasteiger partial charge in [-0.25, -0.2) is 9.69 Å². The fraction of sp³-hybridized carbons (Fsp3) is 0.542. The van der Waals surface area contributed by atoms with Crippen LogP contribution in [0.5, 0.6) is 0 Å². The zero-order chi connectivity index (χ0) is 25.4. The molecule has 0 saturated carbocycles. The van der Waals surface area contributed by atoms with E-state index < -0.39 is 47.8 Å². The Bertz CT molecular complexity index is 902. The third-order valence-electron chi connectivity index (χ3n) is 5.53. The summed E-state index contributed by atoms with van der Waals surface area (Å²) in [6.45, 7) is 7.22. The number of hydrogen-bond acceptors (Lipinski definition) is 6. The van der Waals surface area contributed by atoms with Gasteiger partial charge in [0.2, 0.25) is 23.6 Å². The number of amides is 5. The average Bonchev–Trinajstić information content (AvgIpc) is 3.16. The van der Waals surface area contributed by atoms with E-state index in [4.69, 9.17) is 10.5 Å². The van der Waals surface area contributed by atoms with E-state index in [0.29, 0.717) is 6.42 Å². The lowest BCUT2D eigenvalue weighted by Crippen LogP contribution is -2.58. The molecule has 1 aromatic carbocycles. The minimum absolute atomic E-state index is 0.00913. The van der Waals surface area contributed by atoms with Crippen molar-refractivity contribution in [3.05, 3.63) is 35.9 Å². The number of rotatable bonds is 10. The average molecular weight is 475 g/mol. The molecule has 3 atom stereocenters. The predicted molar refractivity (Wildman–Crippen MR) is 124 cm³/mol.